The summed E-state index contributed by atoms with van der Waals surface area (Å²) in [5.41, 5.74) is 0.803. The number of methoxy groups -OCH3 is 1. The van der Waals surface area contributed by atoms with Crippen LogP contribution in [0, 0.1) is 0 Å². The Morgan fingerprint density at radius 2 is 1.88 bits per heavy atom. The average molecular weight is 243 g/mol. The molecule has 0 atom stereocenters. The molecule has 0 saturated heterocycles. The molecule has 1 aromatic rings. The Kier molecular flexibility index (Phi) is 3.89. The van der Waals surface area contributed by atoms with Crippen LogP contribution in [0.2, 0.25) is 0 Å². The lowest BCUT2D eigenvalue weighted by atomic mass is 10.3. The van der Waals surface area contributed by atoms with Gasteiger partial charge in [0.25, 0.3) is 0 Å². The highest BCUT2D eigenvalue weighted by Gasteiger charge is 2.19. The summed E-state index contributed by atoms with van der Waals surface area (Å²) in [5.74, 6) is -1.40. The third-order valence-corrected chi connectivity index (χ3v) is 3.64. The fraction of sp³-hybridized carbons (Fsp3) is 0.300. The molecule has 0 aliphatic heterocycles. The zero-order chi connectivity index (χ0) is 12.2. The highest BCUT2D eigenvalue weighted by Crippen LogP contribution is 2.15. The minimum absolute atomic E-state index is 0.108. The van der Waals surface area contributed by atoms with Crippen LogP contribution in [-0.4, -0.2) is 34.3 Å². The maximum absolute atomic E-state index is 11.7. The lowest BCUT2D eigenvalue weighted by molar-refractivity contribution is -0.137. The summed E-state index contributed by atoms with van der Waals surface area (Å²) >= 11 is 0. The molecule has 0 unspecified atom stereocenters. The Labute approximate surface area is 94.3 Å². The number of sulfone groups is 1. The SMILES string of the molecule is CNc1ccc(S(=O)(=O)CC(=O)OC)cc1. The molecule has 0 aromatic heterocycles. The molecule has 0 amide bonds. The van der Waals surface area contributed by atoms with E-state index in [0.717, 1.165) is 12.8 Å². The normalized spacial score (nSPS) is 10.9. The smallest absolute Gasteiger partial charge is 0.321 e. The highest BCUT2D eigenvalue weighted by molar-refractivity contribution is 7.92. The van der Waals surface area contributed by atoms with Gasteiger partial charge in [0.15, 0.2) is 15.6 Å². The van der Waals surface area contributed by atoms with Gasteiger partial charge >= 0.3 is 5.97 Å². The molecule has 0 aliphatic carbocycles. The van der Waals surface area contributed by atoms with Gasteiger partial charge in [0.1, 0.15) is 0 Å². The highest BCUT2D eigenvalue weighted by atomic mass is 32.2. The first kappa shape index (κ1) is 12.5. The zero-order valence-electron chi connectivity index (χ0n) is 9.06. The van der Waals surface area contributed by atoms with E-state index in [-0.39, 0.29) is 4.90 Å². The lowest BCUT2D eigenvalue weighted by Crippen LogP contribution is -2.17. The maximum atomic E-state index is 11.7. The molecule has 6 heteroatoms. The van der Waals surface area contributed by atoms with Gasteiger partial charge in [0, 0.05) is 12.7 Å². The van der Waals surface area contributed by atoms with Crippen LogP contribution in [0.5, 0.6) is 0 Å². The van der Waals surface area contributed by atoms with Gasteiger partial charge < -0.3 is 10.1 Å². The molecular weight excluding hydrogens is 230 g/mol. The fourth-order valence-corrected chi connectivity index (χ4v) is 2.27. The van der Waals surface area contributed by atoms with Crippen molar-refractivity contribution in [2.24, 2.45) is 0 Å². The molecule has 0 aliphatic rings. The number of hydrogen-bond acceptors (Lipinski definition) is 5. The number of anilines is 1. The molecular formula is C10H13NO4S. The summed E-state index contributed by atoms with van der Waals surface area (Å²) < 4.78 is 27.7. The van der Waals surface area contributed by atoms with Crippen LogP contribution >= 0.6 is 0 Å². The topological polar surface area (TPSA) is 72.5 Å². The van der Waals surface area contributed by atoms with E-state index in [1.54, 1.807) is 19.2 Å². The van der Waals surface area contributed by atoms with E-state index in [1.165, 1.54) is 12.1 Å². The van der Waals surface area contributed by atoms with E-state index in [0.29, 0.717) is 0 Å². The number of hydrogen-bond donors (Lipinski definition) is 1. The molecule has 1 aromatic carbocycles. The van der Waals surface area contributed by atoms with Crippen molar-refractivity contribution in [1.29, 1.82) is 0 Å². The molecule has 0 fully saturated rings. The maximum Gasteiger partial charge on any atom is 0.321 e. The van der Waals surface area contributed by atoms with Gasteiger partial charge in [-0.15, -0.1) is 0 Å². The third kappa shape index (κ3) is 2.96. The quantitative estimate of drug-likeness (QED) is 0.787. The molecule has 0 radical (unpaired) electrons. The van der Waals surface area contributed by atoms with E-state index < -0.39 is 21.6 Å². The Morgan fingerprint density at radius 3 is 2.31 bits per heavy atom. The van der Waals surface area contributed by atoms with Crippen LogP contribution in [0.4, 0.5) is 5.69 Å². The molecule has 16 heavy (non-hydrogen) atoms. The summed E-state index contributed by atoms with van der Waals surface area (Å²) in [5, 5.41) is 2.87. The minimum atomic E-state index is -3.60. The predicted molar refractivity (Wildman–Crippen MR) is 60.1 cm³/mol. The van der Waals surface area contributed by atoms with Gasteiger partial charge in [0.05, 0.1) is 12.0 Å². The molecule has 0 heterocycles. The van der Waals surface area contributed by atoms with Crippen molar-refractivity contribution in [3.63, 3.8) is 0 Å². The first-order chi connectivity index (χ1) is 7.49. The second-order valence-electron chi connectivity index (χ2n) is 3.11. The molecule has 1 rings (SSSR count). The monoisotopic (exact) mass is 243 g/mol. The largest absolute Gasteiger partial charge is 0.468 e. The first-order valence-electron chi connectivity index (χ1n) is 4.57. The van der Waals surface area contributed by atoms with Gasteiger partial charge in [-0.25, -0.2) is 8.42 Å². The van der Waals surface area contributed by atoms with Gasteiger partial charge in [-0.1, -0.05) is 0 Å². The van der Waals surface area contributed by atoms with E-state index >= 15 is 0 Å². The molecule has 5 nitrogen and oxygen atoms in total. The van der Waals surface area contributed by atoms with E-state index in [9.17, 15) is 13.2 Å². The van der Waals surface area contributed by atoms with Crippen LogP contribution in [-0.2, 0) is 19.4 Å². The summed E-state index contributed by atoms with van der Waals surface area (Å²) in [6.45, 7) is 0. The van der Waals surface area contributed by atoms with Crippen LogP contribution in [0.1, 0.15) is 0 Å². The van der Waals surface area contributed by atoms with Gasteiger partial charge in [-0.2, -0.15) is 0 Å². The Balaban J connectivity index is 2.94. The van der Waals surface area contributed by atoms with Crippen molar-refractivity contribution < 1.29 is 17.9 Å². The Morgan fingerprint density at radius 1 is 1.31 bits per heavy atom. The van der Waals surface area contributed by atoms with Crippen molar-refractivity contribution in [2.75, 3.05) is 25.2 Å². The average Bonchev–Trinajstić information content (AvgIpc) is 2.28. The Hall–Kier alpha value is -1.56. The number of esters is 1. The minimum Gasteiger partial charge on any atom is -0.468 e. The predicted octanol–water partition coefficient (Wildman–Crippen LogP) is 0.675. The van der Waals surface area contributed by atoms with Crippen molar-refractivity contribution in [2.45, 2.75) is 4.90 Å². The van der Waals surface area contributed by atoms with Crippen molar-refractivity contribution in [1.82, 2.24) is 0 Å². The van der Waals surface area contributed by atoms with Gasteiger partial charge in [-0.3, -0.25) is 4.79 Å². The molecule has 0 spiro atoms. The van der Waals surface area contributed by atoms with Crippen LogP contribution in [0.3, 0.4) is 0 Å². The first-order valence-corrected chi connectivity index (χ1v) is 6.22. The summed E-state index contributed by atoms with van der Waals surface area (Å²) in [6, 6.07) is 6.16. The fourth-order valence-electron chi connectivity index (χ4n) is 1.13. The molecule has 0 bridgehead atoms. The third-order valence-electron chi connectivity index (χ3n) is 2.04. The number of carbonyl (C=O) groups is 1. The number of rotatable bonds is 4. The number of ether oxygens (including phenoxy) is 1. The van der Waals surface area contributed by atoms with Crippen LogP contribution in [0.25, 0.3) is 0 Å². The van der Waals surface area contributed by atoms with Crippen LogP contribution in [0.15, 0.2) is 29.2 Å². The second-order valence-corrected chi connectivity index (χ2v) is 5.10. The van der Waals surface area contributed by atoms with Gasteiger partial charge in [0.2, 0.25) is 0 Å². The number of nitrogens with one attached hydrogen (secondary N) is 1. The molecule has 88 valence electrons. The van der Waals surface area contributed by atoms with E-state index in [4.69, 9.17) is 0 Å². The Bertz CT molecular complexity index is 464. The van der Waals surface area contributed by atoms with E-state index in [2.05, 4.69) is 10.1 Å². The van der Waals surface area contributed by atoms with Crippen molar-refractivity contribution in [3.05, 3.63) is 24.3 Å². The van der Waals surface area contributed by atoms with Gasteiger partial charge in [-0.05, 0) is 24.3 Å². The molecule has 0 saturated carbocycles. The second kappa shape index (κ2) is 4.98. The van der Waals surface area contributed by atoms with E-state index in [1.807, 2.05) is 0 Å². The standard InChI is InChI=1S/C10H13NO4S/c1-11-8-3-5-9(6-4-8)16(13,14)7-10(12)15-2/h3-6,11H,7H2,1-2H3. The van der Waals surface area contributed by atoms with Crippen LogP contribution < -0.4 is 5.32 Å². The summed E-state index contributed by atoms with van der Waals surface area (Å²) in [6.07, 6.45) is 0. The lowest BCUT2D eigenvalue weighted by Gasteiger charge is -2.04. The molecule has 1 N–H and O–H groups in total. The number of benzene rings is 1. The summed E-state index contributed by atoms with van der Waals surface area (Å²) in [4.78, 5) is 11.0. The van der Waals surface area contributed by atoms with Crippen molar-refractivity contribution >= 4 is 21.5 Å². The summed E-state index contributed by atoms with van der Waals surface area (Å²) in [7, 11) is -0.710. The number of carbonyl (C=O) groups excluding carboxylic acids is 1. The zero-order valence-corrected chi connectivity index (χ0v) is 9.87. The van der Waals surface area contributed by atoms with Crippen molar-refractivity contribution in [3.8, 4) is 0 Å².